The summed E-state index contributed by atoms with van der Waals surface area (Å²) in [6.07, 6.45) is 5.16. The smallest absolute Gasteiger partial charge is 0.240 e. The Morgan fingerprint density at radius 1 is 1.29 bits per heavy atom. The van der Waals surface area contributed by atoms with E-state index in [4.69, 9.17) is 5.73 Å². The van der Waals surface area contributed by atoms with Crippen LogP contribution in [0.1, 0.15) is 48.8 Å². The second-order valence-corrected chi connectivity index (χ2v) is 7.88. The molecule has 24 heavy (non-hydrogen) atoms. The summed E-state index contributed by atoms with van der Waals surface area (Å²) in [6, 6.07) is 6.75. The zero-order valence-electron chi connectivity index (χ0n) is 15.1. The predicted octanol–water partition coefficient (Wildman–Crippen LogP) is 2.51. The number of carbonyl (C=O) groups excluding carboxylic acids is 1. The van der Waals surface area contributed by atoms with Crippen LogP contribution in [0, 0.1) is 19.8 Å². The van der Waals surface area contributed by atoms with Crippen molar-refractivity contribution >= 4 is 5.91 Å². The van der Waals surface area contributed by atoms with Crippen molar-refractivity contribution in [2.24, 2.45) is 11.7 Å². The second kappa shape index (κ2) is 7.24. The van der Waals surface area contributed by atoms with Crippen LogP contribution in [-0.4, -0.2) is 36.0 Å². The molecule has 1 saturated heterocycles. The molecular formula is C20H31N3O. The molecule has 1 atom stereocenters. The van der Waals surface area contributed by atoms with Gasteiger partial charge in [0.2, 0.25) is 5.91 Å². The zero-order chi connectivity index (χ0) is 17.2. The molecule has 1 heterocycles. The van der Waals surface area contributed by atoms with Crippen molar-refractivity contribution in [1.82, 2.24) is 10.2 Å². The van der Waals surface area contributed by atoms with Crippen molar-refractivity contribution in [3.63, 3.8) is 0 Å². The highest BCUT2D eigenvalue weighted by molar-refractivity contribution is 5.86. The van der Waals surface area contributed by atoms with E-state index in [0.717, 1.165) is 45.4 Å². The van der Waals surface area contributed by atoms with E-state index >= 15 is 0 Å². The Balaban J connectivity index is 1.48. The summed E-state index contributed by atoms with van der Waals surface area (Å²) in [5.41, 5.74) is 9.62. The fourth-order valence-corrected chi connectivity index (χ4v) is 3.82. The summed E-state index contributed by atoms with van der Waals surface area (Å²) < 4.78 is 0. The molecule has 4 nitrogen and oxygen atoms in total. The van der Waals surface area contributed by atoms with E-state index in [1.165, 1.54) is 29.5 Å². The summed E-state index contributed by atoms with van der Waals surface area (Å²) in [7, 11) is 0. The van der Waals surface area contributed by atoms with Crippen molar-refractivity contribution < 1.29 is 4.79 Å². The lowest BCUT2D eigenvalue weighted by molar-refractivity contribution is -0.129. The van der Waals surface area contributed by atoms with Crippen LogP contribution in [0.15, 0.2) is 18.2 Å². The second-order valence-electron chi connectivity index (χ2n) is 7.88. The Hall–Kier alpha value is -1.39. The lowest BCUT2D eigenvalue weighted by Crippen LogP contribution is -2.59. The van der Waals surface area contributed by atoms with Crippen LogP contribution in [0.25, 0.3) is 0 Å². The van der Waals surface area contributed by atoms with Crippen LogP contribution >= 0.6 is 0 Å². The minimum Gasteiger partial charge on any atom is -0.354 e. The minimum absolute atomic E-state index is 0.0556. The fourth-order valence-electron chi connectivity index (χ4n) is 3.82. The van der Waals surface area contributed by atoms with Crippen LogP contribution < -0.4 is 11.1 Å². The number of nitrogens with two attached hydrogens (primary N) is 1. The predicted molar refractivity (Wildman–Crippen MR) is 97.7 cm³/mol. The molecule has 1 saturated carbocycles. The Kier molecular flexibility index (Phi) is 5.26. The van der Waals surface area contributed by atoms with E-state index in [1.807, 2.05) is 0 Å². The lowest BCUT2D eigenvalue weighted by Gasteiger charge is -2.37. The van der Waals surface area contributed by atoms with Crippen LogP contribution in [0.4, 0.5) is 0 Å². The van der Waals surface area contributed by atoms with Crippen molar-refractivity contribution in [2.45, 2.75) is 58.0 Å². The Morgan fingerprint density at radius 3 is 2.75 bits per heavy atom. The number of piperidine rings is 1. The maximum absolute atomic E-state index is 12.2. The fraction of sp³-hybridized carbons (Fsp3) is 0.650. The molecule has 0 aromatic heterocycles. The Labute approximate surface area is 145 Å². The molecule has 1 aromatic carbocycles. The van der Waals surface area contributed by atoms with Crippen molar-refractivity contribution in [2.75, 3.05) is 19.6 Å². The van der Waals surface area contributed by atoms with Gasteiger partial charge in [-0.1, -0.05) is 18.2 Å². The van der Waals surface area contributed by atoms with Crippen molar-refractivity contribution in [1.29, 1.82) is 0 Å². The first-order chi connectivity index (χ1) is 11.5. The largest absolute Gasteiger partial charge is 0.354 e. The third-order valence-electron chi connectivity index (χ3n) is 5.83. The standard InChI is InChI=1S/C20H31N3O/c1-15-6-7-17(11-16(15)2)13-23-10-3-5-18(14-23)12-22-19(24)20(21)8-4-9-20/h6-7,11,18H,3-5,8-10,12-14,21H2,1-2H3,(H,22,24)/t18-/m1/s1. The molecule has 1 aromatic rings. The Morgan fingerprint density at radius 2 is 2.08 bits per heavy atom. The molecule has 3 N–H and O–H groups in total. The molecule has 3 rings (SSSR count). The Bertz CT molecular complexity index is 595. The van der Waals surface area contributed by atoms with Crippen LogP contribution in [-0.2, 0) is 11.3 Å². The lowest BCUT2D eigenvalue weighted by atomic mass is 9.77. The van der Waals surface area contributed by atoms with E-state index < -0.39 is 5.54 Å². The molecule has 4 heteroatoms. The third kappa shape index (κ3) is 3.98. The van der Waals surface area contributed by atoms with Gasteiger partial charge >= 0.3 is 0 Å². The number of benzene rings is 1. The molecule has 0 spiro atoms. The number of nitrogens with one attached hydrogen (secondary N) is 1. The average Bonchev–Trinajstić information content (AvgIpc) is 2.54. The molecule has 1 aliphatic carbocycles. The number of rotatable bonds is 5. The van der Waals surface area contributed by atoms with Gasteiger partial charge in [0.05, 0.1) is 5.54 Å². The molecule has 1 aliphatic heterocycles. The van der Waals surface area contributed by atoms with Gasteiger partial charge in [-0.2, -0.15) is 0 Å². The number of nitrogens with zero attached hydrogens (tertiary/aromatic N) is 1. The molecule has 0 radical (unpaired) electrons. The summed E-state index contributed by atoms with van der Waals surface area (Å²) in [6.45, 7) is 8.32. The summed E-state index contributed by atoms with van der Waals surface area (Å²) in [5.74, 6) is 0.595. The number of aryl methyl sites for hydroxylation is 2. The van der Waals surface area contributed by atoms with Gasteiger partial charge in [-0.15, -0.1) is 0 Å². The molecule has 0 bridgehead atoms. The molecule has 132 valence electrons. The molecule has 1 amide bonds. The SMILES string of the molecule is Cc1ccc(CN2CCC[C@H](CNC(=O)C3(N)CCC3)C2)cc1C. The average molecular weight is 329 g/mol. The van der Waals surface area contributed by atoms with Crippen LogP contribution in [0.3, 0.4) is 0 Å². The maximum atomic E-state index is 12.2. The van der Waals surface area contributed by atoms with Gasteiger partial charge in [0, 0.05) is 19.6 Å². The van der Waals surface area contributed by atoms with E-state index in [2.05, 4.69) is 42.3 Å². The maximum Gasteiger partial charge on any atom is 0.240 e. The number of likely N-dealkylation sites (tertiary alicyclic amines) is 1. The van der Waals surface area contributed by atoms with E-state index in [0.29, 0.717) is 5.92 Å². The van der Waals surface area contributed by atoms with Gasteiger partial charge in [0.15, 0.2) is 0 Å². The number of amides is 1. The summed E-state index contributed by atoms with van der Waals surface area (Å²) >= 11 is 0. The van der Waals surface area contributed by atoms with E-state index in [-0.39, 0.29) is 5.91 Å². The topological polar surface area (TPSA) is 58.4 Å². The minimum atomic E-state index is -0.576. The first-order valence-corrected chi connectivity index (χ1v) is 9.32. The van der Waals surface area contributed by atoms with Gasteiger partial charge in [-0.3, -0.25) is 9.69 Å². The number of carbonyl (C=O) groups is 1. The van der Waals surface area contributed by atoms with Crippen molar-refractivity contribution in [3.05, 3.63) is 34.9 Å². The van der Waals surface area contributed by atoms with Gasteiger partial charge < -0.3 is 11.1 Å². The van der Waals surface area contributed by atoms with Gasteiger partial charge in [-0.25, -0.2) is 0 Å². The first-order valence-electron chi connectivity index (χ1n) is 9.32. The third-order valence-corrected chi connectivity index (χ3v) is 5.83. The van der Waals surface area contributed by atoms with Crippen LogP contribution in [0.5, 0.6) is 0 Å². The summed E-state index contributed by atoms with van der Waals surface area (Å²) in [4.78, 5) is 14.7. The van der Waals surface area contributed by atoms with Gasteiger partial charge in [0.25, 0.3) is 0 Å². The normalized spacial score (nSPS) is 23.5. The van der Waals surface area contributed by atoms with Crippen molar-refractivity contribution in [3.8, 4) is 0 Å². The molecule has 2 fully saturated rings. The van der Waals surface area contributed by atoms with Crippen LogP contribution in [0.2, 0.25) is 0 Å². The summed E-state index contributed by atoms with van der Waals surface area (Å²) in [5, 5.41) is 3.11. The highest BCUT2D eigenvalue weighted by Crippen LogP contribution is 2.29. The molecular weight excluding hydrogens is 298 g/mol. The highest BCUT2D eigenvalue weighted by Gasteiger charge is 2.40. The quantitative estimate of drug-likeness (QED) is 0.873. The molecule has 2 aliphatic rings. The molecule has 0 unspecified atom stereocenters. The number of hydrogen-bond acceptors (Lipinski definition) is 3. The van der Waals surface area contributed by atoms with E-state index in [1.54, 1.807) is 0 Å². The van der Waals surface area contributed by atoms with Gasteiger partial charge in [0.1, 0.15) is 0 Å². The number of hydrogen-bond donors (Lipinski definition) is 2. The monoisotopic (exact) mass is 329 g/mol. The van der Waals surface area contributed by atoms with Gasteiger partial charge in [-0.05, 0) is 75.1 Å². The first kappa shape index (κ1) is 17.4. The highest BCUT2D eigenvalue weighted by atomic mass is 16.2. The zero-order valence-corrected chi connectivity index (χ0v) is 15.1. The van der Waals surface area contributed by atoms with E-state index in [9.17, 15) is 4.79 Å².